The van der Waals surface area contributed by atoms with E-state index in [4.69, 9.17) is 4.74 Å². The van der Waals surface area contributed by atoms with Gasteiger partial charge in [-0.15, -0.1) is 0 Å². The molecule has 176 valence electrons. The van der Waals surface area contributed by atoms with Crippen LogP contribution in [-0.4, -0.2) is 33.4 Å². The second kappa shape index (κ2) is 9.52. The Hall–Kier alpha value is -3.92. The molecule has 0 radical (unpaired) electrons. The minimum Gasteiger partial charge on any atom is -0.482 e. The van der Waals surface area contributed by atoms with Crippen molar-refractivity contribution in [2.75, 3.05) is 28.1 Å². The van der Waals surface area contributed by atoms with Crippen molar-refractivity contribution in [2.45, 2.75) is 18.2 Å². The van der Waals surface area contributed by atoms with E-state index in [-0.39, 0.29) is 41.7 Å². The van der Waals surface area contributed by atoms with E-state index in [0.717, 1.165) is 6.07 Å². The summed E-state index contributed by atoms with van der Waals surface area (Å²) >= 11 is 0. The van der Waals surface area contributed by atoms with Gasteiger partial charge in [0, 0.05) is 18.7 Å². The van der Waals surface area contributed by atoms with Crippen LogP contribution in [-0.2, 0) is 19.6 Å². The number of ether oxygens (including phenoxy) is 1. The van der Waals surface area contributed by atoms with Crippen molar-refractivity contribution in [3.63, 3.8) is 0 Å². The zero-order valence-electron chi connectivity index (χ0n) is 18.2. The number of amides is 2. The Balaban J connectivity index is 1.46. The van der Waals surface area contributed by atoms with Crippen molar-refractivity contribution in [1.82, 2.24) is 0 Å². The molecule has 2 amide bonds. The monoisotopic (exact) mass is 483 g/mol. The molecule has 1 aliphatic rings. The molecule has 0 aliphatic carbocycles. The van der Waals surface area contributed by atoms with Crippen molar-refractivity contribution < 1.29 is 27.1 Å². The zero-order chi connectivity index (χ0) is 24.3. The molecule has 0 bridgehead atoms. The van der Waals surface area contributed by atoms with Gasteiger partial charge in [0.25, 0.3) is 15.9 Å². The number of fused-ring (bicyclic) bond motifs is 1. The normalized spacial score (nSPS) is 13.1. The van der Waals surface area contributed by atoms with Crippen LogP contribution < -0.4 is 19.7 Å². The molecule has 0 saturated carbocycles. The maximum Gasteiger partial charge on any atom is 0.265 e. The van der Waals surface area contributed by atoms with Crippen molar-refractivity contribution in [2.24, 2.45) is 0 Å². The molecule has 0 spiro atoms. The van der Waals surface area contributed by atoms with Gasteiger partial charge in [0.2, 0.25) is 5.91 Å². The third-order valence-corrected chi connectivity index (χ3v) is 6.76. The van der Waals surface area contributed by atoms with Gasteiger partial charge in [0.05, 0.1) is 16.3 Å². The number of anilines is 3. The van der Waals surface area contributed by atoms with Crippen LogP contribution in [0.25, 0.3) is 0 Å². The predicted molar refractivity (Wildman–Crippen MR) is 126 cm³/mol. The molecule has 0 atom stereocenters. The molecule has 0 saturated heterocycles. The molecular formula is C24H22FN3O5S. The number of nitrogens with one attached hydrogen (secondary N) is 2. The van der Waals surface area contributed by atoms with Crippen LogP contribution >= 0.6 is 0 Å². The second-order valence-corrected chi connectivity index (χ2v) is 9.32. The van der Waals surface area contributed by atoms with E-state index < -0.39 is 21.7 Å². The Morgan fingerprint density at radius 3 is 2.62 bits per heavy atom. The number of carbonyl (C=O) groups excluding carboxylic acids is 2. The topological polar surface area (TPSA) is 105 Å². The Morgan fingerprint density at radius 1 is 1.09 bits per heavy atom. The first-order chi connectivity index (χ1) is 16.2. The molecule has 0 aromatic heterocycles. The second-order valence-electron chi connectivity index (χ2n) is 7.67. The van der Waals surface area contributed by atoms with E-state index in [1.165, 1.54) is 29.2 Å². The van der Waals surface area contributed by atoms with E-state index in [1.807, 2.05) is 0 Å². The van der Waals surface area contributed by atoms with Gasteiger partial charge in [0.1, 0.15) is 11.6 Å². The molecule has 10 heteroatoms. The quantitative estimate of drug-likeness (QED) is 0.533. The average molecular weight is 484 g/mol. The van der Waals surface area contributed by atoms with Crippen LogP contribution in [0, 0.1) is 12.7 Å². The summed E-state index contributed by atoms with van der Waals surface area (Å²) in [6.45, 7) is 1.63. The lowest BCUT2D eigenvalue weighted by Crippen LogP contribution is -2.40. The number of benzene rings is 3. The Morgan fingerprint density at radius 2 is 1.82 bits per heavy atom. The molecule has 8 nitrogen and oxygen atoms in total. The van der Waals surface area contributed by atoms with E-state index in [9.17, 15) is 22.4 Å². The highest BCUT2D eigenvalue weighted by Gasteiger charge is 2.25. The smallest absolute Gasteiger partial charge is 0.265 e. The van der Waals surface area contributed by atoms with E-state index >= 15 is 0 Å². The third-order valence-electron chi connectivity index (χ3n) is 5.25. The maximum absolute atomic E-state index is 13.9. The highest BCUT2D eigenvalue weighted by atomic mass is 32.2. The van der Waals surface area contributed by atoms with Crippen molar-refractivity contribution in [3.8, 4) is 5.75 Å². The molecule has 3 aromatic rings. The Labute approximate surface area is 196 Å². The molecule has 4 rings (SSSR count). The number of hydrogen-bond donors (Lipinski definition) is 2. The number of carbonyl (C=O) groups is 2. The highest BCUT2D eigenvalue weighted by Crippen LogP contribution is 2.31. The number of rotatable bonds is 7. The first-order valence-electron chi connectivity index (χ1n) is 10.4. The molecule has 34 heavy (non-hydrogen) atoms. The summed E-state index contributed by atoms with van der Waals surface area (Å²) in [5, 5.41) is 2.66. The summed E-state index contributed by atoms with van der Waals surface area (Å²) in [4.78, 5) is 26.2. The summed E-state index contributed by atoms with van der Waals surface area (Å²) < 4.78 is 47.3. The zero-order valence-corrected chi connectivity index (χ0v) is 19.1. The lowest BCUT2D eigenvalue weighted by molar-refractivity contribution is -0.121. The summed E-state index contributed by atoms with van der Waals surface area (Å²) in [7, 11) is -4.10. The number of para-hydroxylation sites is 3. The average Bonchev–Trinajstić information content (AvgIpc) is 2.81. The number of nitrogens with zero attached hydrogens (tertiary/aromatic N) is 1. The van der Waals surface area contributed by atoms with Crippen LogP contribution in [0.1, 0.15) is 12.0 Å². The van der Waals surface area contributed by atoms with Crippen LogP contribution in [0.5, 0.6) is 5.75 Å². The van der Waals surface area contributed by atoms with Crippen LogP contribution in [0.2, 0.25) is 0 Å². The largest absolute Gasteiger partial charge is 0.482 e. The number of sulfonamides is 1. The van der Waals surface area contributed by atoms with E-state index in [2.05, 4.69) is 10.0 Å². The highest BCUT2D eigenvalue weighted by molar-refractivity contribution is 7.92. The fraction of sp³-hybridized carbons (Fsp3) is 0.167. The number of halogens is 1. The van der Waals surface area contributed by atoms with Crippen LogP contribution in [0.4, 0.5) is 21.5 Å². The van der Waals surface area contributed by atoms with E-state index in [0.29, 0.717) is 17.0 Å². The minimum absolute atomic E-state index is 0.0104. The number of aryl methyl sites for hydroxylation is 1. The lowest BCUT2D eigenvalue weighted by Gasteiger charge is -2.29. The van der Waals surface area contributed by atoms with Gasteiger partial charge in [-0.3, -0.25) is 14.3 Å². The van der Waals surface area contributed by atoms with E-state index in [1.54, 1.807) is 43.3 Å². The predicted octanol–water partition coefficient (Wildman–Crippen LogP) is 3.69. The Kier molecular flexibility index (Phi) is 6.51. The fourth-order valence-corrected chi connectivity index (χ4v) is 4.89. The summed E-state index contributed by atoms with van der Waals surface area (Å²) in [6.07, 6.45) is -0.0104. The minimum atomic E-state index is -4.10. The van der Waals surface area contributed by atoms with Gasteiger partial charge in [0.15, 0.2) is 6.61 Å². The van der Waals surface area contributed by atoms with Gasteiger partial charge >= 0.3 is 0 Å². The molecule has 3 aromatic carbocycles. The van der Waals surface area contributed by atoms with Crippen molar-refractivity contribution in [1.29, 1.82) is 0 Å². The fourth-order valence-electron chi connectivity index (χ4n) is 3.55. The van der Waals surface area contributed by atoms with Crippen LogP contribution in [0.15, 0.2) is 71.6 Å². The third kappa shape index (κ3) is 5.01. The first-order valence-corrected chi connectivity index (χ1v) is 11.9. The van der Waals surface area contributed by atoms with Crippen LogP contribution in [0.3, 0.4) is 0 Å². The van der Waals surface area contributed by atoms with Gasteiger partial charge < -0.3 is 15.0 Å². The van der Waals surface area contributed by atoms with Gasteiger partial charge in [-0.1, -0.05) is 30.3 Å². The summed E-state index contributed by atoms with van der Waals surface area (Å²) in [6, 6.07) is 16.9. The summed E-state index contributed by atoms with van der Waals surface area (Å²) in [5.41, 5.74) is 1.11. The van der Waals surface area contributed by atoms with Crippen molar-refractivity contribution in [3.05, 3.63) is 78.1 Å². The van der Waals surface area contributed by atoms with Gasteiger partial charge in [-0.25, -0.2) is 12.8 Å². The van der Waals surface area contributed by atoms with Gasteiger partial charge in [-0.05, 0) is 48.9 Å². The Bertz CT molecular complexity index is 1360. The molecule has 0 fully saturated rings. The molecule has 1 aliphatic heterocycles. The molecular weight excluding hydrogens is 461 g/mol. The maximum atomic E-state index is 13.9. The SMILES string of the molecule is Cc1ccc(NC(=O)CCN2C(=O)COc3ccccc32)cc1S(=O)(=O)Nc1ccccc1F. The lowest BCUT2D eigenvalue weighted by atomic mass is 10.2. The molecule has 0 unspecified atom stereocenters. The standard InChI is InChI=1S/C24H22FN3O5S/c1-16-10-11-17(14-22(16)34(31,32)27-19-7-3-2-6-18(19)25)26-23(29)12-13-28-20-8-4-5-9-21(20)33-15-24(28)30/h2-11,14,27H,12-13,15H2,1H3,(H,26,29). The first kappa shape index (κ1) is 23.2. The number of hydrogen-bond acceptors (Lipinski definition) is 5. The van der Waals surface area contributed by atoms with Gasteiger partial charge in [-0.2, -0.15) is 0 Å². The molecule has 1 heterocycles. The summed E-state index contributed by atoms with van der Waals surface area (Å²) in [5.74, 6) is -0.786. The molecule has 2 N–H and O–H groups in total. The van der Waals surface area contributed by atoms with Crippen molar-refractivity contribution >= 4 is 38.9 Å².